The van der Waals surface area contributed by atoms with Crippen molar-refractivity contribution < 1.29 is 13.5 Å². The van der Waals surface area contributed by atoms with Crippen molar-refractivity contribution in [2.75, 3.05) is 0 Å². The summed E-state index contributed by atoms with van der Waals surface area (Å²) in [6, 6.07) is 9.22. The van der Waals surface area contributed by atoms with Crippen molar-refractivity contribution in [1.29, 1.82) is 0 Å². The van der Waals surface area contributed by atoms with Crippen LogP contribution in [0.4, 0.5) is 8.78 Å². The second-order valence-electron chi connectivity index (χ2n) is 9.84. The summed E-state index contributed by atoms with van der Waals surface area (Å²) in [5.41, 5.74) is 3.30. The van der Waals surface area contributed by atoms with E-state index >= 15 is 0 Å². The van der Waals surface area contributed by atoms with Gasteiger partial charge in [0, 0.05) is 48.1 Å². The number of halogens is 2. The minimum absolute atomic E-state index is 0.0171. The molecule has 5 heterocycles. The number of hydrogen-bond acceptors (Lipinski definition) is 5. The van der Waals surface area contributed by atoms with Crippen LogP contribution in [-0.4, -0.2) is 25.6 Å². The first kappa shape index (κ1) is 22.9. The molecule has 0 N–H and O–H groups in total. The topological polar surface area (TPSA) is 69.9 Å². The van der Waals surface area contributed by atoms with E-state index < -0.39 is 11.6 Å². The highest BCUT2D eigenvalue weighted by atomic mass is 19.1. The highest BCUT2D eigenvalue weighted by Gasteiger charge is 2.32. The third kappa shape index (κ3) is 3.99. The molecule has 3 atom stereocenters. The Morgan fingerprint density at radius 3 is 2.75 bits per heavy atom. The Labute approximate surface area is 207 Å². The second kappa shape index (κ2) is 8.85. The van der Waals surface area contributed by atoms with Crippen molar-refractivity contribution in [3.63, 3.8) is 0 Å². The third-order valence-corrected chi connectivity index (χ3v) is 7.23. The van der Waals surface area contributed by atoms with Crippen molar-refractivity contribution >= 4 is 10.9 Å². The zero-order chi connectivity index (χ0) is 25.0. The molecule has 1 fully saturated rings. The molecule has 0 aliphatic carbocycles. The maximum absolute atomic E-state index is 15.0. The Balaban J connectivity index is 1.52. The molecular weight excluding hydrogens is 462 g/mol. The Kier molecular flexibility index (Phi) is 5.63. The van der Waals surface area contributed by atoms with Crippen molar-refractivity contribution in [1.82, 2.24) is 19.5 Å². The SMILES string of the molecule is Cc1cc(C2CC(c3cc4c(=O)n5c(nc4c(-c4ccc(F)cc4F)n3)CCC5)C[C@@H](C)O2)ccn1. The molecule has 1 aromatic carbocycles. The van der Waals surface area contributed by atoms with E-state index in [0.29, 0.717) is 48.2 Å². The van der Waals surface area contributed by atoms with Crippen LogP contribution in [0, 0.1) is 18.6 Å². The molecule has 184 valence electrons. The molecule has 0 spiro atoms. The number of pyridine rings is 2. The first-order chi connectivity index (χ1) is 17.4. The maximum atomic E-state index is 15.0. The lowest BCUT2D eigenvalue weighted by Crippen LogP contribution is -2.26. The quantitative estimate of drug-likeness (QED) is 0.386. The first-order valence-electron chi connectivity index (χ1n) is 12.3. The molecule has 1 saturated heterocycles. The minimum atomic E-state index is -0.728. The van der Waals surface area contributed by atoms with Gasteiger partial charge in [0.1, 0.15) is 23.0 Å². The van der Waals surface area contributed by atoms with Gasteiger partial charge in [0.25, 0.3) is 5.56 Å². The van der Waals surface area contributed by atoms with Gasteiger partial charge in [-0.2, -0.15) is 0 Å². The number of ether oxygens (including phenoxy) is 1. The van der Waals surface area contributed by atoms with Crippen molar-refractivity contribution in [2.24, 2.45) is 0 Å². The highest BCUT2D eigenvalue weighted by Crippen LogP contribution is 2.41. The largest absolute Gasteiger partial charge is 0.371 e. The molecule has 6 nitrogen and oxygen atoms in total. The Bertz CT molecular complexity index is 1550. The summed E-state index contributed by atoms with van der Waals surface area (Å²) in [7, 11) is 0. The lowest BCUT2D eigenvalue weighted by molar-refractivity contribution is -0.0506. The van der Waals surface area contributed by atoms with E-state index in [1.54, 1.807) is 10.8 Å². The maximum Gasteiger partial charge on any atom is 0.261 e. The van der Waals surface area contributed by atoms with Gasteiger partial charge in [-0.15, -0.1) is 0 Å². The fourth-order valence-electron chi connectivity index (χ4n) is 5.55. The average molecular weight is 489 g/mol. The van der Waals surface area contributed by atoms with Crippen LogP contribution in [0.3, 0.4) is 0 Å². The number of hydrogen-bond donors (Lipinski definition) is 0. The Morgan fingerprint density at radius 2 is 1.94 bits per heavy atom. The summed E-state index contributed by atoms with van der Waals surface area (Å²) < 4.78 is 36.7. The standard InChI is InChI=1S/C28H26F2N4O2/c1-15-10-17(7-8-31-15)24-12-18(11-16(2)36-24)23-14-21-27(33-25-4-3-9-34(25)28(21)35)26(32-23)20-6-5-19(29)13-22(20)30/h5-8,10,13-14,16,18,24H,3-4,9,11-12H2,1-2H3/t16-,18?,24?/m1/s1. The van der Waals surface area contributed by atoms with E-state index in [1.807, 2.05) is 32.0 Å². The molecule has 2 aliphatic rings. The highest BCUT2D eigenvalue weighted by molar-refractivity contribution is 5.91. The predicted molar refractivity (Wildman–Crippen MR) is 132 cm³/mol. The number of aromatic nitrogens is 4. The molecule has 6 rings (SSSR count). The fourth-order valence-corrected chi connectivity index (χ4v) is 5.55. The van der Waals surface area contributed by atoms with Gasteiger partial charge in [-0.25, -0.2) is 13.8 Å². The molecule has 0 amide bonds. The summed E-state index contributed by atoms with van der Waals surface area (Å²) in [6.07, 6.45) is 4.49. The molecule has 2 unspecified atom stereocenters. The van der Waals surface area contributed by atoms with Crippen LogP contribution in [0.15, 0.2) is 47.4 Å². The predicted octanol–water partition coefficient (Wildman–Crippen LogP) is 5.41. The number of rotatable bonds is 3. The fraction of sp³-hybridized carbons (Fsp3) is 0.357. The van der Waals surface area contributed by atoms with E-state index in [1.165, 1.54) is 12.1 Å². The summed E-state index contributed by atoms with van der Waals surface area (Å²) in [5, 5.41) is 0.417. The summed E-state index contributed by atoms with van der Waals surface area (Å²) in [5.74, 6) is -0.733. The van der Waals surface area contributed by atoms with Crippen LogP contribution in [-0.2, 0) is 17.7 Å². The van der Waals surface area contributed by atoms with Crippen LogP contribution in [0.25, 0.3) is 22.2 Å². The molecule has 0 radical (unpaired) electrons. The number of fused-ring (bicyclic) bond motifs is 2. The minimum Gasteiger partial charge on any atom is -0.371 e. The van der Waals surface area contributed by atoms with Crippen LogP contribution >= 0.6 is 0 Å². The first-order valence-corrected chi connectivity index (χ1v) is 12.3. The molecule has 0 bridgehead atoms. The van der Waals surface area contributed by atoms with Gasteiger partial charge in [-0.1, -0.05) is 0 Å². The molecule has 8 heteroatoms. The van der Waals surface area contributed by atoms with Crippen LogP contribution in [0.5, 0.6) is 0 Å². The third-order valence-electron chi connectivity index (χ3n) is 7.23. The molecule has 0 saturated carbocycles. The number of benzene rings is 1. The van der Waals surface area contributed by atoms with Crippen LogP contribution < -0.4 is 5.56 Å². The van der Waals surface area contributed by atoms with Gasteiger partial charge >= 0.3 is 0 Å². The van der Waals surface area contributed by atoms with Gasteiger partial charge in [0.15, 0.2) is 0 Å². The van der Waals surface area contributed by atoms with Crippen molar-refractivity contribution in [2.45, 2.75) is 64.2 Å². The van der Waals surface area contributed by atoms with Gasteiger partial charge < -0.3 is 4.74 Å². The summed E-state index contributed by atoms with van der Waals surface area (Å²) in [6.45, 7) is 4.59. The van der Waals surface area contributed by atoms with Gasteiger partial charge in [-0.05, 0) is 69.0 Å². The van der Waals surface area contributed by atoms with Crippen molar-refractivity contribution in [3.8, 4) is 11.3 Å². The summed E-state index contributed by atoms with van der Waals surface area (Å²) in [4.78, 5) is 27.4. The lowest BCUT2D eigenvalue weighted by Gasteiger charge is -2.34. The van der Waals surface area contributed by atoms with Crippen LogP contribution in [0.2, 0.25) is 0 Å². The van der Waals surface area contributed by atoms with Crippen LogP contribution in [0.1, 0.15) is 61.0 Å². The number of aryl methyl sites for hydroxylation is 2. The summed E-state index contributed by atoms with van der Waals surface area (Å²) >= 11 is 0. The van der Waals surface area contributed by atoms with E-state index in [4.69, 9.17) is 14.7 Å². The second-order valence-corrected chi connectivity index (χ2v) is 9.84. The van der Waals surface area contributed by atoms with Gasteiger partial charge in [0.05, 0.1) is 23.3 Å². The van der Waals surface area contributed by atoms with E-state index in [0.717, 1.165) is 23.7 Å². The normalized spacial score (nSPS) is 21.6. The van der Waals surface area contributed by atoms with E-state index in [9.17, 15) is 13.6 Å². The average Bonchev–Trinajstić information content (AvgIpc) is 3.33. The zero-order valence-electron chi connectivity index (χ0n) is 20.2. The molecule has 2 aliphatic heterocycles. The van der Waals surface area contributed by atoms with E-state index in [-0.39, 0.29) is 34.9 Å². The lowest BCUT2D eigenvalue weighted by atomic mass is 9.86. The zero-order valence-corrected chi connectivity index (χ0v) is 20.2. The van der Waals surface area contributed by atoms with Gasteiger partial charge in [0.2, 0.25) is 0 Å². The Morgan fingerprint density at radius 1 is 1.08 bits per heavy atom. The molecule has 36 heavy (non-hydrogen) atoms. The number of nitrogens with zero attached hydrogens (tertiary/aromatic N) is 4. The molecular formula is C28H26F2N4O2. The monoisotopic (exact) mass is 488 g/mol. The Hall–Kier alpha value is -3.52. The smallest absolute Gasteiger partial charge is 0.261 e. The molecule has 3 aromatic heterocycles. The van der Waals surface area contributed by atoms with Crippen molar-refractivity contribution in [3.05, 3.63) is 87.4 Å². The van der Waals surface area contributed by atoms with E-state index in [2.05, 4.69) is 4.98 Å². The van der Waals surface area contributed by atoms with Gasteiger partial charge in [-0.3, -0.25) is 19.3 Å². The molecule has 4 aromatic rings.